The molecule has 9 unspecified atom stereocenters. The topological polar surface area (TPSA) is 213 Å². The Labute approximate surface area is 328 Å². The number of fused-ring (bicyclic) bond motifs is 1. The maximum absolute atomic E-state index is 12.5. The van der Waals surface area contributed by atoms with Crippen molar-refractivity contribution in [2.24, 2.45) is 28.6 Å². The van der Waals surface area contributed by atoms with E-state index in [9.17, 15) is 45.3 Å². The number of hydrogen-bond acceptors (Lipinski definition) is 14. The first kappa shape index (κ1) is 40.8. The lowest BCUT2D eigenvalue weighted by molar-refractivity contribution is -0.323. The molecule has 2 aromatic carbocycles. The van der Waals surface area contributed by atoms with Gasteiger partial charge in [-0.05, 0) is 101 Å². The summed E-state index contributed by atoms with van der Waals surface area (Å²) in [7, 11) is 3.15. The van der Waals surface area contributed by atoms with E-state index in [1.807, 2.05) is 0 Å². The van der Waals surface area contributed by atoms with Crippen LogP contribution in [-0.2, 0) is 14.2 Å². The number of phenolic OH excluding ortho intramolecular Hbond substituents is 2. The summed E-state index contributed by atoms with van der Waals surface area (Å²) >= 11 is 0. The fraction of sp³-hybridized carbons (Fsp3) is 0.700. The molecule has 3 saturated heterocycles. The van der Waals surface area contributed by atoms with Crippen LogP contribution in [0.4, 0.5) is 0 Å². The van der Waals surface area contributed by atoms with E-state index in [0.717, 1.165) is 37.1 Å². The zero-order chi connectivity index (χ0) is 39.3. The van der Waals surface area contributed by atoms with Crippen LogP contribution < -0.4 is 4.74 Å². The monoisotopic (exact) mass is 806 g/mol. The van der Waals surface area contributed by atoms with Crippen molar-refractivity contribution >= 4 is 44.1 Å². The second-order valence-electron chi connectivity index (χ2n) is 16.7. The zero-order valence-corrected chi connectivity index (χ0v) is 33.0. The molecule has 3 aliphatic heterocycles. The quantitative estimate of drug-likeness (QED) is 0.104. The van der Waals surface area contributed by atoms with Gasteiger partial charge in [-0.25, -0.2) is 4.79 Å². The highest BCUT2D eigenvalue weighted by atomic mass is 33.1. The summed E-state index contributed by atoms with van der Waals surface area (Å²) in [5.41, 5.74) is -1.93. The van der Waals surface area contributed by atoms with Crippen LogP contribution >= 0.6 is 21.6 Å². The van der Waals surface area contributed by atoms with Gasteiger partial charge in [-0.1, -0.05) is 34.4 Å². The van der Waals surface area contributed by atoms with Crippen LogP contribution in [0.2, 0.25) is 0 Å². The number of aromatic carboxylic acids is 1. The van der Waals surface area contributed by atoms with Gasteiger partial charge in [0.15, 0.2) is 5.78 Å². The van der Waals surface area contributed by atoms with Gasteiger partial charge in [0.1, 0.15) is 47.1 Å². The average Bonchev–Trinajstić information content (AvgIpc) is 3.59. The Balaban J connectivity index is 1.24. The van der Waals surface area contributed by atoms with E-state index in [0.29, 0.717) is 37.9 Å². The van der Waals surface area contributed by atoms with Crippen molar-refractivity contribution in [2.45, 2.75) is 108 Å². The van der Waals surface area contributed by atoms with Gasteiger partial charge in [0.2, 0.25) is 6.29 Å². The molecule has 5 fully saturated rings. The van der Waals surface area contributed by atoms with Crippen molar-refractivity contribution in [3.8, 4) is 17.2 Å². The number of carbonyl (C=O) groups excluding carboxylic acids is 1. The van der Waals surface area contributed by atoms with E-state index < -0.39 is 60.1 Å². The predicted octanol–water partition coefficient (Wildman–Crippen LogP) is 5.16. The van der Waals surface area contributed by atoms with Gasteiger partial charge in [0.25, 0.3) is 0 Å². The second kappa shape index (κ2) is 16.1. The highest BCUT2D eigenvalue weighted by Gasteiger charge is 2.60. The number of benzene rings is 2. The molecule has 0 bridgehead atoms. The molecule has 7 rings (SSSR count). The van der Waals surface area contributed by atoms with Crippen LogP contribution in [0.15, 0.2) is 12.1 Å². The molecule has 0 amide bonds. The van der Waals surface area contributed by atoms with Crippen LogP contribution in [-0.4, -0.2) is 116 Å². The van der Waals surface area contributed by atoms with Crippen molar-refractivity contribution in [3.63, 3.8) is 0 Å². The molecule has 2 aromatic rings. The Kier molecular flexibility index (Phi) is 12.0. The fourth-order valence-corrected chi connectivity index (χ4v) is 13.6. The largest absolute Gasteiger partial charge is 0.507 e. The van der Waals surface area contributed by atoms with Gasteiger partial charge in [-0.2, -0.15) is 0 Å². The van der Waals surface area contributed by atoms with Gasteiger partial charge in [0, 0.05) is 35.3 Å². The molecule has 15 heteroatoms. The maximum atomic E-state index is 12.5. The first-order chi connectivity index (χ1) is 26.3. The summed E-state index contributed by atoms with van der Waals surface area (Å²) in [6, 6.07) is 2.22. The Bertz CT molecular complexity index is 1760. The first-order valence-electron chi connectivity index (χ1n) is 19.4. The smallest absolute Gasteiger partial charge is 0.335 e. The summed E-state index contributed by atoms with van der Waals surface area (Å²) in [6.45, 7) is 3.46. The van der Waals surface area contributed by atoms with Crippen LogP contribution in [0.3, 0.4) is 0 Å². The highest BCUT2D eigenvalue weighted by Crippen LogP contribution is 2.62. The Morgan fingerprint density at radius 2 is 1.76 bits per heavy atom. The third-order valence-corrected chi connectivity index (χ3v) is 15.8. The molecule has 2 saturated carbocycles. The molecule has 9 atom stereocenters. The summed E-state index contributed by atoms with van der Waals surface area (Å²) in [6.07, 6.45) is 3.05. The molecule has 2 spiro atoms. The van der Waals surface area contributed by atoms with Crippen molar-refractivity contribution in [1.82, 2.24) is 0 Å². The Hall–Kier alpha value is -2.34. The lowest BCUT2D eigenvalue weighted by Gasteiger charge is -2.58. The lowest BCUT2D eigenvalue weighted by atomic mass is 9.51. The predicted molar refractivity (Wildman–Crippen MR) is 206 cm³/mol. The van der Waals surface area contributed by atoms with E-state index in [4.69, 9.17) is 18.9 Å². The molecule has 0 radical (unpaired) electrons. The minimum atomic E-state index is -1.77. The van der Waals surface area contributed by atoms with Crippen LogP contribution in [0, 0.1) is 35.5 Å². The molecule has 13 nitrogen and oxygen atoms in total. The van der Waals surface area contributed by atoms with Gasteiger partial charge < -0.3 is 54.7 Å². The number of ether oxygens (including phenoxy) is 4. The van der Waals surface area contributed by atoms with E-state index in [1.54, 1.807) is 10.8 Å². The highest BCUT2D eigenvalue weighted by molar-refractivity contribution is 8.76. The summed E-state index contributed by atoms with van der Waals surface area (Å²) in [4.78, 5) is 24.7. The first-order valence-corrected chi connectivity index (χ1v) is 21.9. The normalized spacial score (nSPS) is 35.0. The summed E-state index contributed by atoms with van der Waals surface area (Å²) in [5.74, 6) is -1.38. The van der Waals surface area contributed by atoms with Crippen molar-refractivity contribution < 1.29 is 64.3 Å². The number of hydrogen-bond donors (Lipinski definition) is 7. The van der Waals surface area contributed by atoms with Crippen LogP contribution in [0.1, 0.15) is 97.4 Å². The van der Waals surface area contributed by atoms with E-state index in [1.165, 1.54) is 50.3 Å². The van der Waals surface area contributed by atoms with Gasteiger partial charge >= 0.3 is 5.97 Å². The van der Waals surface area contributed by atoms with Gasteiger partial charge in [-0.15, -0.1) is 0 Å². The van der Waals surface area contributed by atoms with Crippen molar-refractivity contribution in [3.05, 3.63) is 28.8 Å². The number of aromatic hydroxyl groups is 2. The minimum absolute atomic E-state index is 0.0483. The zero-order valence-electron chi connectivity index (χ0n) is 31.4. The number of carbonyl (C=O) groups is 2. The number of aliphatic hydroxyl groups is 4. The lowest BCUT2D eigenvalue weighted by Crippen LogP contribution is -2.69. The number of aliphatic hydroxyl groups excluding tert-OH is 4. The third kappa shape index (κ3) is 7.24. The number of phenols is 2. The molecule has 7 N–H and O–H groups in total. The average molecular weight is 807 g/mol. The number of rotatable bonds is 8. The second-order valence-corrected chi connectivity index (χ2v) is 19.1. The molecule has 0 aromatic heterocycles. The molecule has 3 heterocycles. The number of carboxylic acid groups (broad SMARTS) is 1. The Morgan fingerprint density at radius 1 is 1.02 bits per heavy atom. The number of carboxylic acids is 1. The molecular weight excluding hydrogens is 753 g/mol. The van der Waals surface area contributed by atoms with Crippen molar-refractivity contribution in [1.29, 1.82) is 0 Å². The maximum Gasteiger partial charge on any atom is 0.335 e. The minimum Gasteiger partial charge on any atom is -0.507 e. The SMILES string of the molecule is CC(=O)c1c(C)c(O)c2cc(C(=O)O)cc(OC3OC(CO)C4(CCC5CC6(CCCC6)CC6COCC(CCCO)(CSSCO4)C56)C(O)C3O)c2c1O. The molecule has 5 aliphatic rings. The fourth-order valence-electron chi connectivity index (χ4n) is 11.2. The molecule has 2 aliphatic carbocycles. The van der Waals surface area contributed by atoms with Gasteiger partial charge in [0.05, 0.1) is 29.7 Å². The van der Waals surface area contributed by atoms with E-state index in [-0.39, 0.29) is 68.9 Å². The molecule has 304 valence electrons. The third-order valence-electron chi connectivity index (χ3n) is 13.6. The Morgan fingerprint density at radius 3 is 2.45 bits per heavy atom. The van der Waals surface area contributed by atoms with Crippen LogP contribution in [0.25, 0.3) is 10.8 Å². The van der Waals surface area contributed by atoms with Crippen molar-refractivity contribution in [2.75, 3.05) is 38.1 Å². The number of ketones is 1. The number of Topliss-reactive ketones (excluding diaryl/α,β-unsaturated/α-hetero) is 1. The van der Waals surface area contributed by atoms with E-state index in [2.05, 4.69) is 0 Å². The molecule has 55 heavy (non-hydrogen) atoms. The summed E-state index contributed by atoms with van der Waals surface area (Å²) in [5, 5.41) is 76.8. The molecular formula is C40H54O13S2. The van der Waals surface area contributed by atoms with Gasteiger partial charge in [-0.3, -0.25) is 4.79 Å². The van der Waals surface area contributed by atoms with Crippen LogP contribution in [0.5, 0.6) is 17.2 Å². The van der Waals surface area contributed by atoms with E-state index >= 15 is 0 Å². The standard InChI is InChI=1S/C40H54O13S2/c1-21-29(22(2)43)33(45)30-26(32(21)44)12-24(36(48)49)13-27(30)52-37-34(46)35(47)40(28(16-42)53-37)10-6-23-14-38(7-3-4-8-38)15-25-17-50-18-39(31(23)25,9-5-11-41)19-54-55-20-51-40/h12-13,23,25,28,31,34-35,37,41-42,44-47H,3-11,14-20H2,1-2H3,(H,48,49). The summed E-state index contributed by atoms with van der Waals surface area (Å²) < 4.78 is 25.3.